The number of carbonyl (C=O) groups excluding carboxylic acids is 1. The summed E-state index contributed by atoms with van der Waals surface area (Å²) < 4.78 is 0. The van der Waals surface area contributed by atoms with Crippen LogP contribution in [-0.2, 0) is 4.79 Å². The number of amides is 1. The third-order valence-electron chi connectivity index (χ3n) is 6.82. The molecule has 224 valence electrons. The lowest BCUT2D eigenvalue weighted by Crippen LogP contribution is -2.45. The molecule has 4 nitrogen and oxygen atoms in total. The predicted molar refractivity (Wildman–Crippen MR) is 170 cm³/mol. The third kappa shape index (κ3) is 27.4. The number of carbonyl (C=O) groups is 1. The molecule has 4 heteroatoms. The molecule has 0 bridgehead atoms. The van der Waals surface area contributed by atoms with Gasteiger partial charge < -0.3 is 15.5 Å². The normalized spacial score (nSPS) is 14.1. The van der Waals surface area contributed by atoms with Gasteiger partial charge in [-0.25, -0.2) is 0 Å². The Balaban J connectivity index is 3.81. The van der Waals surface area contributed by atoms with E-state index in [1.54, 1.807) is 0 Å². The number of aliphatic hydroxyl groups is 2. The largest absolute Gasteiger partial charge is 0.394 e. The monoisotopic (exact) mass is 543 g/mol. The Morgan fingerprint density at radius 2 is 1.03 bits per heavy atom. The Labute approximate surface area is 241 Å². The van der Waals surface area contributed by atoms with Gasteiger partial charge in [0.1, 0.15) is 0 Å². The van der Waals surface area contributed by atoms with E-state index in [-0.39, 0.29) is 18.9 Å². The highest BCUT2D eigenvalue weighted by molar-refractivity contribution is 5.77. The molecule has 0 aliphatic heterocycles. The van der Waals surface area contributed by atoms with E-state index in [4.69, 9.17) is 0 Å². The minimum atomic E-state index is -0.699. The van der Waals surface area contributed by atoms with Gasteiger partial charge in [-0.15, -0.1) is 0 Å². The molecule has 2 unspecified atom stereocenters. The average Bonchev–Trinajstić information content (AvgIpc) is 2.94. The molecular weight excluding hydrogens is 482 g/mol. The van der Waals surface area contributed by atoms with E-state index in [0.717, 1.165) is 44.9 Å². The molecule has 0 aliphatic rings. The van der Waals surface area contributed by atoms with E-state index < -0.39 is 12.1 Å². The summed E-state index contributed by atoms with van der Waals surface area (Å²) in [6, 6.07) is -0.590. The van der Waals surface area contributed by atoms with Crippen molar-refractivity contribution in [1.29, 1.82) is 0 Å². The van der Waals surface area contributed by atoms with Crippen molar-refractivity contribution in [3.63, 3.8) is 0 Å². The number of nitrogens with one attached hydrogen (secondary N) is 1. The average molecular weight is 544 g/mol. The van der Waals surface area contributed by atoms with Gasteiger partial charge in [-0.2, -0.15) is 0 Å². The first kappa shape index (κ1) is 37.1. The van der Waals surface area contributed by atoms with Gasteiger partial charge in [0.25, 0.3) is 0 Å². The van der Waals surface area contributed by atoms with Gasteiger partial charge >= 0.3 is 0 Å². The standard InChI is InChI=1S/C35H61NO3/c1-3-5-7-9-11-13-15-17-18-19-21-23-25-27-29-31-35(39)36-33(32-37)34(38)30-28-26-24-22-20-16-14-12-10-8-6-4-2/h5,7,11,13,17-18,21,23,27,29,33-34,37-38H,3-4,6,8-10,12,14-16,19-20,22,24-26,28,30-32H2,1-2H3,(H,36,39)/b7-5-,13-11-,18-17-,23-21-,29-27-. The Hall–Kier alpha value is -1.91. The van der Waals surface area contributed by atoms with Gasteiger partial charge in [-0.3, -0.25) is 4.79 Å². The fraction of sp³-hybridized carbons (Fsp3) is 0.686. The van der Waals surface area contributed by atoms with Crippen molar-refractivity contribution in [3.05, 3.63) is 60.8 Å². The zero-order chi connectivity index (χ0) is 28.7. The topological polar surface area (TPSA) is 69.6 Å². The predicted octanol–water partition coefficient (Wildman–Crippen LogP) is 9.06. The molecule has 2 atom stereocenters. The molecule has 1 amide bonds. The van der Waals surface area contributed by atoms with Crippen LogP contribution in [0.5, 0.6) is 0 Å². The van der Waals surface area contributed by atoms with E-state index in [1.165, 1.54) is 64.2 Å². The maximum absolute atomic E-state index is 12.2. The van der Waals surface area contributed by atoms with Crippen molar-refractivity contribution in [2.75, 3.05) is 6.61 Å². The van der Waals surface area contributed by atoms with Gasteiger partial charge in [0.05, 0.1) is 18.8 Å². The number of hydrogen-bond acceptors (Lipinski definition) is 3. The molecule has 0 aromatic carbocycles. The van der Waals surface area contributed by atoms with Crippen LogP contribution in [0.2, 0.25) is 0 Å². The first-order valence-corrected chi connectivity index (χ1v) is 16.0. The first-order valence-electron chi connectivity index (χ1n) is 16.0. The van der Waals surface area contributed by atoms with Crippen molar-refractivity contribution >= 4 is 5.91 Å². The number of unbranched alkanes of at least 4 members (excludes halogenated alkanes) is 11. The summed E-state index contributed by atoms with van der Waals surface area (Å²) in [5.74, 6) is -0.163. The Kier molecular flexibility index (Phi) is 29.1. The highest BCUT2D eigenvalue weighted by Crippen LogP contribution is 2.14. The number of allylic oxidation sites excluding steroid dienone is 9. The summed E-state index contributed by atoms with van der Waals surface area (Å²) in [5, 5.41) is 22.8. The van der Waals surface area contributed by atoms with Crippen LogP contribution in [0.4, 0.5) is 0 Å². The van der Waals surface area contributed by atoms with Crippen LogP contribution in [0.1, 0.15) is 136 Å². The summed E-state index contributed by atoms with van der Waals surface area (Å²) in [6.07, 6.45) is 41.4. The van der Waals surface area contributed by atoms with E-state index in [0.29, 0.717) is 6.42 Å². The molecule has 0 heterocycles. The second-order valence-electron chi connectivity index (χ2n) is 10.5. The highest BCUT2D eigenvalue weighted by Gasteiger charge is 2.19. The molecule has 0 radical (unpaired) electrons. The van der Waals surface area contributed by atoms with Crippen molar-refractivity contribution < 1.29 is 15.0 Å². The van der Waals surface area contributed by atoms with E-state index in [2.05, 4.69) is 67.8 Å². The second-order valence-corrected chi connectivity index (χ2v) is 10.5. The summed E-state index contributed by atoms with van der Waals surface area (Å²) in [7, 11) is 0. The maximum atomic E-state index is 12.2. The SMILES string of the molecule is CC/C=C\C/C=C\C/C=C\C/C=C\C/C=C\CC(=O)NC(CO)C(O)CCCCCCCCCCCCCC. The fourth-order valence-corrected chi connectivity index (χ4v) is 4.37. The maximum Gasteiger partial charge on any atom is 0.224 e. The molecule has 0 aromatic rings. The number of hydrogen-bond donors (Lipinski definition) is 3. The van der Waals surface area contributed by atoms with Gasteiger partial charge in [0.2, 0.25) is 5.91 Å². The van der Waals surface area contributed by atoms with Crippen LogP contribution in [0.3, 0.4) is 0 Å². The minimum absolute atomic E-state index is 0.163. The fourth-order valence-electron chi connectivity index (χ4n) is 4.37. The smallest absolute Gasteiger partial charge is 0.224 e. The summed E-state index contributed by atoms with van der Waals surface area (Å²) in [5.41, 5.74) is 0. The Bertz CT molecular complexity index is 677. The number of aliphatic hydroxyl groups excluding tert-OH is 2. The van der Waals surface area contributed by atoms with Crippen LogP contribution in [0.15, 0.2) is 60.8 Å². The first-order chi connectivity index (χ1) is 19.2. The summed E-state index contributed by atoms with van der Waals surface area (Å²) in [6.45, 7) is 4.16. The molecular formula is C35H61NO3. The molecule has 0 saturated carbocycles. The molecule has 0 saturated heterocycles. The molecule has 3 N–H and O–H groups in total. The highest BCUT2D eigenvalue weighted by atomic mass is 16.3. The Morgan fingerprint density at radius 3 is 1.46 bits per heavy atom. The van der Waals surface area contributed by atoms with Crippen molar-refractivity contribution in [1.82, 2.24) is 5.32 Å². The summed E-state index contributed by atoms with van der Waals surface area (Å²) >= 11 is 0. The quantitative estimate of drug-likeness (QED) is 0.0715. The van der Waals surface area contributed by atoms with Crippen LogP contribution in [0, 0.1) is 0 Å². The van der Waals surface area contributed by atoms with Gasteiger partial charge in [-0.1, -0.05) is 152 Å². The third-order valence-corrected chi connectivity index (χ3v) is 6.82. The van der Waals surface area contributed by atoms with Gasteiger partial charge in [0, 0.05) is 6.42 Å². The summed E-state index contributed by atoms with van der Waals surface area (Å²) in [4.78, 5) is 12.2. The molecule has 0 aliphatic carbocycles. The van der Waals surface area contributed by atoms with E-state index in [9.17, 15) is 15.0 Å². The van der Waals surface area contributed by atoms with Crippen molar-refractivity contribution in [2.24, 2.45) is 0 Å². The molecule has 0 fully saturated rings. The zero-order valence-electron chi connectivity index (χ0n) is 25.4. The van der Waals surface area contributed by atoms with Gasteiger partial charge in [0.15, 0.2) is 0 Å². The van der Waals surface area contributed by atoms with Crippen LogP contribution < -0.4 is 5.32 Å². The van der Waals surface area contributed by atoms with Crippen LogP contribution in [-0.4, -0.2) is 34.9 Å². The van der Waals surface area contributed by atoms with Crippen LogP contribution >= 0.6 is 0 Å². The Morgan fingerprint density at radius 1 is 0.615 bits per heavy atom. The molecule has 0 aromatic heterocycles. The van der Waals surface area contributed by atoms with E-state index >= 15 is 0 Å². The van der Waals surface area contributed by atoms with E-state index in [1.807, 2.05) is 12.2 Å². The molecule has 0 spiro atoms. The van der Waals surface area contributed by atoms with Gasteiger partial charge in [-0.05, 0) is 38.5 Å². The van der Waals surface area contributed by atoms with Crippen LogP contribution in [0.25, 0.3) is 0 Å². The minimum Gasteiger partial charge on any atom is -0.394 e. The lowest BCUT2D eigenvalue weighted by molar-refractivity contribution is -0.122. The lowest BCUT2D eigenvalue weighted by atomic mass is 10.0. The second kappa shape index (κ2) is 30.6. The van der Waals surface area contributed by atoms with Crippen molar-refractivity contribution in [2.45, 2.75) is 148 Å². The number of rotatable bonds is 27. The zero-order valence-corrected chi connectivity index (χ0v) is 25.4. The molecule has 39 heavy (non-hydrogen) atoms. The lowest BCUT2D eigenvalue weighted by Gasteiger charge is -2.22. The van der Waals surface area contributed by atoms with Crippen molar-refractivity contribution in [3.8, 4) is 0 Å². The molecule has 0 rings (SSSR count).